The molecule has 2 aliphatic rings. The van der Waals surface area contributed by atoms with Crippen molar-refractivity contribution in [3.63, 3.8) is 0 Å². The number of nitro benzene ring substituents is 1. The van der Waals surface area contributed by atoms with Gasteiger partial charge in [-0.05, 0) is 25.7 Å². The van der Waals surface area contributed by atoms with Gasteiger partial charge in [-0.15, -0.1) is 0 Å². The van der Waals surface area contributed by atoms with Crippen LogP contribution in [-0.4, -0.2) is 55.0 Å². The summed E-state index contributed by atoms with van der Waals surface area (Å²) in [6.45, 7) is 0.709. The van der Waals surface area contributed by atoms with Crippen molar-refractivity contribution in [3.05, 3.63) is 27.8 Å². The van der Waals surface area contributed by atoms with E-state index in [1.165, 1.54) is 37.7 Å². The lowest BCUT2D eigenvalue weighted by Crippen LogP contribution is -2.48. The second-order valence-corrected chi connectivity index (χ2v) is 7.92. The number of likely N-dealkylation sites (tertiary alicyclic amines) is 1. The predicted molar refractivity (Wildman–Crippen MR) is 110 cm³/mol. The number of benzene rings is 1. The highest BCUT2D eigenvalue weighted by molar-refractivity contribution is 5.99. The first kappa shape index (κ1) is 21.9. The molecule has 1 saturated carbocycles. The molecule has 1 aromatic carbocycles. The highest BCUT2D eigenvalue weighted by atomic mass is 16.6. The van der Waals surface area contributed by atoms with E-state index >= 15 is 0 Å². The summed E-state index contributed by atoms with van der Waals surface area (Å²) in [6, 6.07) is 2.75. The summed E-state index contributed by atoms with van der Waals surface area (Å²) in [6.07, 6.45) is 6.85. The van der Waals surface area contributed by atoms with E-state index in [-0.39, 0.29) is 47.2 Å². The number of nitrogens with zero attached hydrogens (tertiary/aromatic N) is 2. The van der Waals surface area contributed by atoms with Crippen molar-refractivity contribution in [1.82, 2.24) is 10.2 Å². The number of methoxy groups -OCH3 is 2. The molecule has 0 spiro atoms. The maximum atomic E-state index is 13.1. The molecule has 1 aliphatic carbocycles. The Morgan fingerprint density at radius 1 is 1.07 bits per heavy atom. The van der Waals surface area contributed by atoms with Gasteiger partial charge in [-0.3, -0.25) is 19.7 Å². The van der Waals surface area contributed by atoms with Gasteiger partial charge in [-0.1, -0.05) is 19.3 Å². The van der Waals surface area contributed by atoms with Gasteiger partial charge in [0, 0.05) is 25.2 Å². The molecule has 2 fully saturated rings. The zero-order valence-corrected chi connectivity index (χ0v) is 17.5. The molecule has 1 unspecified atom stereocenters. The monoisotopic (exact) mass is 419 g/mol. The van der Waals surface area contributed by atoms with E-state index in [2.05, 4.69) is 5.32 Å². The van der Waals surface area contributed by atoms with Crippen LogP contribution in [0.4, 0.5) is 5.69 Å². The number of carbonyl (C=O) groups excluding carboxylic acids is 2. The van der Waals surface area contributed by atoms with E-state index in [1.54, 1.807) is 0 Å². The average molecular weight is 419 g/mol. The Balaban J connectivity index is 1.76. The summed E-state index contributed by atoms with van der Waals surface area (Å²) in [7, 11) is 2.79. The minimum absolute atomic E-state index is 0.0267. The van der Waals surface area contributed by atoms with Gasteiger partial charge in [0.15, 0.2) is 11.5 Å². The van der Waals surface area contributed by atoms with Crippen LogP contribution >= 0.6 is 0 Å². The number of ether oxygens (including phenoxy) is 2. The molecular formula is C21H29N3O6. The van der Waals surface area contributed by atoms with Crippen molar-refractivity contribution >= 4 is 17.5 Å². The summed E-state index contributed by atoms with van der Waals surface area (Å²) >= 11 is 0. The molecule has 1 atom stereocenters. The number of hydrogen-bond acceptors (Lipinski definition) is 6. The second-order valence-electron chi connectivity index (χ2n) is 7.92. The van der Waals surface area contributed by atoms with E-state index in [4.69, 9.17) is 9.47 Å². The first-order valence-electron chi connectivity index (χ1n) is 10.4. The fourth-order valence-electron chi connectivity index (χ4n) is 4.30. The SMILES string of the molecule is COc1cc(C(=O)N2CCCC(C(=O)NC3CCCCC3)C2)c([N+](=O)[O-])cc1OC. The highest BCUT2D eigenvalue weighted by Crippen LogP contribution is 2.35. The number of piperidine rings is 1. The molecule has 1 aliphatic heterocycles. The van der Waals surface area contributed by atoms with Gasteiger partial charge in [0.1, 0.15) is 5.56 Å². The van der Waals surface area contributed by atoms with Crippen LogP contribution in [0.25, 0.3) is 0 Å². The molecule has 1 heterocycles. The van der Waals surface area contributed by atoms with Crippen molar-refractivity contribution in [2.75, 3.05) is 27.3 Å². The molecule has 2 amide bonds. The first-order chi connectivity index (χ1) is 14.4. The molecule has 1 aromatic rings. The molecule has 9 heteroatoms. The van der Waals surface area contributed by atoms with Crippen LogP contribution in [0.1, 0.15) is 55.3 Å². The average Bonchev–Trinajstić information content (AvgIpc) is 2.78. The Kier molecular flexibility index (Phi) is 7.12. The largest absolute Gasteiger partial charge is 0.493 e. The third-order valence-corrected chi connectivity index (χ3v) is 5.96. The number of amides is 2. The van der Waals surface area contributed by atoms with Crippen molar-refractivity contribution in [1.29, 1.82) is 0 Å². The van der Waals surface area contributed by atoms with E-state index in [9.17, 15) is 19.7 Å². The fourth-order valence-corrected chi connectivity index (χ4v) is 4.30. The lowest BCUT2D eigenvalue weighted by molar-refractivity contribution is -0.385. The Labute approximate surface area is 175 Å². The summed E-state index contributed by atoms with van der Waals surface area (Å²) in [5, 5.41) is 14.7. The van der Waals surface area contributed by atoms with Crippen LogP contribution < -0.4 is 14.8 Å². The topological polar surface area (TPSA) is 111 Å². The molecule has 30 heavy (non-hydrogen) atoms. The highest BCUT2D eigenvalue weighted by Gasteiger charge is 2.33. The lowest BCUT2D eigenvalue weighted by atomic mass is 9.92. The molecule has 164 valence electrons. The van der Waals surface area contributed by atoms with Crippen molar-refractivity contribution < 1.29 is 24.0 Å². The standard InChI is InChI=1S/C21H29N3O6/c1-29-18-11-16(17(24(27)28)12-19(18)30-2)21(26)23-10-6-7-14(13-23)20(25)22-15-8-4-3-5-9-15/h11-12,14-15H,3-10,13H2,1-2H3,(H,22,25). The van der Waals surface area contributed by atoms with Crippen LogP contribution in [0.2, 0.25) is 0 Å². The molecule has 1 saturated heterocycles. The first-order valence-corrected chi connectivity index (χ1v) is 10.4. The third-order valence-electron chi connectivity index (χ3n) is 5.96. The predicted octanol–water partition coefficient (Wildman–Crippen LogP) is 2.91. The van der Waals surface area contributed by atoms with Gasteiger partial charge in [0.2, 0.25) is 5.91 Å². The minimum atomic E-state index is -0.605. The van der Waals surface area contributed by atoms with E-state index in [1.807, 2.05) is 0 Å². The number of rotatable bonds is 6. The quantitative estimate of drug-likeness (QED) is 0.561. The molecular weight excluding hydrogens is 390 g/mol. The number of carbonyl (C=O) groups is 2. The molecule has 9 nitrogen and oxygen atoms in total. The molecule has 1 N–H and O–H groups in total. The minimum Gasteiger partial charge on any atom is -0.493 e. The van der Waals surface area contributed by atoms with Gasteiger partial charge >= 0.3 is 0 Å². The number of nitrogens with one attached hydrogen (secondary N) is 1. The van der Waals surface area contributed by atoms with Crippen LogP contribution in [0.15, 0.2) is 12.1 Å². The third kappa shape index (κ3) is 4.83. The Morgan fingerprint density at radius 3 is 2.37 bits per heavy atom. The zero-order valence-electron chi connectivity index (χ0n) is 17.5. The van der Waals surface area contributed by atoms with Gasteiger partial charge in [0.05, 0.1) is 31.1 Å². The van der Waals surface area contributed by atoms with Crippen molar-refractivity contribution in [2.24, 2.45) is 5.92 Å². The number of nitro groups is 1. The summed E-state index contributed by atoms with van der Waals surface area (Å²) in [5.74, 6) is -0.373. The van der Waals surface area contributed by atoms with Gasteiger partial charge in [0.25, 0.3) is 11.6 Å². The molecule has 0 bridgehead atoms. The number of hydrogen-bond donors (Lipinski definition) is 1. The molecule has 3 rings (SSSR count). The summed E-state index contributed by atoms with van der Waals surface area (Å²) in [4.78, 5) is 38.4. The Hall–Kier alpha value is -2.84. The maximum Gasteiger partial charge on any atom is 0.286 e. The smallest absolute Gasteiger partial charge is 0.286 e. The van der Waals surface area contributed by atoms with E-state index in [0.29, 0.717) is 19.4 Å². The Morgan fingerprint density at radius 2 is 1.73 bits per heavy atom. The molecule has 0 aromatic heterocycles. The summed E-state index contributed by atoms with van der Waals surface area (Å²) < 4.78 is 10.3. The fraction of sp³-hybridized carbons (Fsp3) is 0.619. The van der Waals surface area contributed by atoms with E-state index in [0.717, 1.165) is 25.7 Å². The molecule has 0 radical (unpaired) electrons. The summed E-state index contributed by atoms with van der Waals surface area (Å²) in [5.41, 5.74) is -0.405. The van der Waals surface area contributed by atoms with Crippen LogP contribution in [0.5, 0.6) is 11.5 Å². The zero-order chi connectivity index (χ0) is 21.7. The van der Waals surface area contributed by atoms with Gasteiger partial charge in [-0.25, -0.2) is 0 Å². The second kappa shape index (κ2) is 9.77. The normalized spacial score (nSPS) is 19.8. The lowest BCUT2D eigenvalue weighted by Gasteiger charge is -2.33. The van der Waals surface area contributed by atoms with Gasteiger partial charge in [-0.2, -0.15) is 0 Å². The van der Waals surface area contributed by atoms with Crippen LogP contribution in [0.3, 0.4) is 0 Å². The Bertz CT molecular complexity index is 806. The van der Waals surface area contributed by atoms with Crippen LogP contribution in [-0.2, 0) is 4.79 Å². The van der Waals surface area contributed by atoms with Crippen molar-refractivity contribution in [3.8, 4) is 11.5 Å². The maximum absolute atomic E-state index is 13.1. The van der Waals surface area contributed by atoms with Crippen molar-refractivity contribution in [2.45, 2.75) is 51.0 Å². The van der Waals surface area contributed by atoms with Crippen LogP contribution in [0, 0.1) is 16.0 Å². The van der Waals surface area contributed by atoms with E-state index < -0.39 is 10.8 Å². The van der Waals surface area contributed by atoms with Gasteiger partial charge < -0.3 is 19.7 Å².